The Morgan fingerprint density at radius 2 is 1.65 bits per heavy atom. The van der Waals surface area contributed by atoms with Gasteiger partial charge < -0.3 is 4.74 Å². The Labute approximate surface area is 122 Å². The molecule has 112 valence electrons. The molecule has 0 aromatic heterocycles. The molecule has 1 rings (SSSR count). The number of hydrogen-bond acceptors (Lipinski definition) is 3. The number of ether oxygens (including phenoxy) is 1. The molecule has 3 heteroatoms. The first-order valence-electron chi connectivity index (χ1n) is 7.27. The Hall–Kier alpha value is -1.35. The van der Waals surface area contributed by atoms with Crippen molar-refractivity contribution in [3.63, 3.8) is 0 Å². The quantitative estimate of drug-likeness (QED) is 0.589. The number of benzene rings is 1. The second-order valence-electron chi connectivity index (χ2n) is 6.06. The van der Waals surface area contributed by atoms with E-state index < -0.39 is 0 Å². The van der Waals surface area contributed by atoms with Gasteiger partial charge in [0, 0.05) is 0 Å². The molecule has 1 aromatic carbocycles. The summed E-state index contributed by atoms with van der Waals surface area (Å²) >= 11 is 0. The van der Waals surface area contributed by atoms with Crippen molar-refractivity contribution in [1.29, 1.82) is 0 Å². The fourth-order valence-corrected chi connectivity index (χ4v) is 1.93. The molecule has 0 N–H and O–H groups in total. The number of carbonyl (C=O) groups excluding carboxylic acids is 1. The molecule has 0 heterocycles. The van der Waals surface area contributed by atoms with Crippen LogP contribution >= 0.6 is 0 Å². The number of nitrogens with zero attached hydrogens (tertiary/aromatic N) is 1. The van der Waals surface area contributed by atoms with E-state index in [4.69, 9.17) is 4.74 Å². The van der Waals surface area contributed by atoms with Crippen LogP contribution in [0.4, 0.5) is 0 Å². The molecule has 0 bridgehead atoms. The van der Waals surface area contributed by atoms with Crippen LogP contribution < -0.4 is 0 Å². The van der Waals surface area contributed by atoms with E-state index in [0.717, 1.165) is 12.0 Å². The van der Waals surface area contributed by atoms with E-state index in [1.54, 1.807) is 0 Å². The SMILES string of the molecule is CC(C)Cc1ccc(C(C)C(=O)OC(C)N(C)C)cc1. The fourth-order valence-electron chi connectivity index (χ4n) is 1.93. The molecule has 0 amide bonds. The lowest BCUT2D eigenvalue weighted by Crippen LogP contribution is -2.31. The lowest BCUT2D eigenvalue weighted by Gasteiger charge is -2.22. The normalized spacial score (nSPS) is 14.4. The summed E-state index contributed by atoms with van der Waals surface area (Å²) in [7, 11) is 3.78. The van der Waals surface area contributed by atoms with Gasteiger partial charge in [0.15, 0.2) is 6.23 Å². The van der Waals surface area contributed by atoms with Crippen LogP contribution in [0.1, 0.15) is 44.7 Å². The molecule has 2 unspecified atom stereocenters. The maximum atomic E-state index is 12.1. The molecule has 0 aliphatic carbocycles. The maximum Gasteiger partial charge on any atom is 0.314 e. The van der Waals surface area contributed by atoms with Crippen molar-refractivity contribution in [2.75, 3.05) is 14.1 Å². The zero-order valence-electron chi connectivity index (χ0n) is 13.5. The second-order valence-corrected chi connectivity index (χ2v) is 6.06. The van der Waals surface area contributed by atoms with Gasteiger partial charge in [-0.2, -0.15) is 0 Å². The monoisotopic (exact) mass is 277 g/mol. The smallest absolute Gasteiger partial charge is 0.314 e. The van der Waals surface area contributed by atoms with Crippen LogP contribution in [0.25, 0.3) is 0 Å². The van der Waals surface area contributed by atoms with Crippen LogP contribution in [0, 0.1) is 5.92 Å². The summed E-state index contributed by atoms with van der Waals surface area (Å²) in [6.07, 6.45) is 0.863. The largest absolute Gasteiger partial charge is 0.446 e. The molecular weight excluding hydrogens is 250 g/mol. The van der Waals surface area contributed by atoms with Gasteiger partial charge in [-0.05, 0) is 51.4 Å². The van der Waals surface area contributed by atoms with Gasteiger partial charge in [-0.15, -0.1) is 0 Å². The average Bonchev–Trinajstić information content (AvgIpc) is 2.37. The highest BCUT2D eigenvalue weighted by atomic mass is 16.6. The fraction of sp³-hybridized carbons (Fsp3) is 0.588. The predicted molar refractivity (Wildman–Crippen MR) is 82.6 cm³/mol. The molecule has 3 nitrogen and oxygen atoms in total. The summed E-state index contributed by atoms with van der Waals surface area (Å²) in [6.45, 7) is 8.17. The van der Waals surface area contributed by atoms with Gasteiger partial charge in [0.1, 0.15) is 0 Å². The molecule has 0 fully saturated rings. The molecule has 0 aliphatic heterocycles. The van der Waals surface area contributed by atoms with Crippen LogP contribution in [0.5, 0.6) is 0 Å². The molecule has 0 aliphatic rings. The first-order chi connectivity index (χ1) is 9.31. The Balaban J connectivity index is 2.67. The molecule has 2 atom stereocenters. The van der Waals surface area contributed by atoms with Gasteiger partial charge in [-0.3, -0.25) is 9.69 Å². The van der Waals surface area contributed by atoms with Crippen molar-refractivity contribution in [1.82, 2.24) is 4.90 Å². The van der Waals surface area contributed by atoms with E-state index >= 15 is 0 Å². The van der Waals surface area contributed by atoms with E-state index in [-0.39, 0.29) is 18.1 Å². The van der Waals surface area contributed by atoms with Gasteiger partial charge in [0.25, 0.3) is 0 Å². The summed E-state index contributed by atoms with van der Waals surface area (Å²) in [4.78, 5) is 13.9. The van der Waals surface area contributed by atoms with Crippen molar-refractivity contribution in [3.05, 3.63) is 35.4 Å². The van der Waals surface area contributed by atoms with Crippen molar-refractivity contribution < 1.29 is 9.53 Å². The summed E-state index contributed by atoms with van der Waals surface area (Å²) in [5.74, 6) is 0.234. The average molecular weight is 277 g/mol. The lowest BCUT2D eigenvalue weighted by molar-refractivity contribution is -0.156. The summed E-state index contributed by atoms with van der Waals surface area (Å²) < 4.78 is 5.41. The third-order valence-electron chi connectivity index (χ3n) is 3.49. The van der Waals surface area contributed by atoms with Gasteiger partial charge in [0.05, 0.1) is 5.92 Å². The third kappa shape index (κ3) is 4.97. The third-order valence-corrected chi connectivity index (χ3v) is 3.49. The number of rotatable bonds is 6. The van der Waals surface area contributed by atoms with E-state index in [1.807, 2.05) is 45.0 Å². The van der Waals surface area contributed by atoms with Gasteiger partial charge in [0.2, 0.25) is 0 Å². The summed E-state index contributed by atoms with van der Waals surface area (Å²) in [6, 6.07) is 8.27. The summed E-state index contributed by atoms with van der Waals surface area (Å²) in [5.41, 5.74) is 2.32. The van der Waals surface area contributed by atoms with Gasteiger partial charge in [-0.1, -0.05) is 38.1 Å². The summed E-state index contributed by atoms with van der Waals surface area (Å²) in [5, 5.41) is 0. The van der Waals surface area contributed by atoms with E-state index in [9.17, 15) is 4.79 Å². The number of carbonyl (C=O) groups is 1. The predicted octanol–water partition coefficient (Wildman–Crippen LogP) is 3.44. The Morgan fingerprint density at radius 3 is 2.10 bits per heavy atom. The highest BCUT2D eigenvalue weighted by Crippen LogP contribution is 2.19. The number of esters is 1. The number of hydrogen-bond donors (Lipinski definition) is 0. The van der Waals surface area contributed by atoms with Crippen LogP contribution in [0.2, 0.25) is 0 Å². The molecule has 0 spiro atoms. The van der Waals surface area contributed by atoms with Crippen LogP contribution in [-0.4, -0.2) is 31.2 Å². The van der Waals surface area contributed by atoms with Crippen molar-refractivity contribution >= 4 is 5.97 Å². The highest BCUT2D eigenvalue weighted by Gasteiger charge is 2.20. The Morgan fingerprint density at radius 1 is 1.10 bits per heavy atom. The van der Waals surface area contributed by atoms with Gasteiger partial charge in [-0.25, -0.2) is 0 Å². The minimum atomic E-state index is -0.231. The maximum absolute atomic E-state index is 12.1. The van der Waals surface area contributed by atoms with E-state index in [2.05, 4.69) is 26.0 Å². The molecule has 0 saturated carbocycles. The first kappa shape index (κ1) is 16.7. The molecule has 0 radical (unpaired) electrons. The van der Waals surface area contributed by atoms with Crippen LogP contribution in [0.3, 0.4) is 0 Å². The Kier molecular flexibility index (Phi) is 6.21. The topological polar surface area (TPSA) is 29.5 Å². The zero-order chi connectivity index (χ0) is 15.3. The Bertz CT molecular complexity index is 423. The van der Waals surface area contributed by atoms with E-state index in [0.29, 0.717) is 5.92 Å². The second kappa shape index (κ2) is 7.44. The van der Waals surface area contributed by atoms with Gasteiger partial charge >= 0.3 is 5.97 Å². The molecule has 1 aromatic rings. The lowest BCUT2D eigenvalue weighted by atomic mass is 9.97. The zero-order valence-corrected chi connectivity index (χ0v) is 13.5. The van der Waals surface area contributed by atoms with Crippen LogP contribution in [0.15, 0.2) is 24.3 Å². The molecule has 0 saturated heterocycles. The highest BCUT2D eigenvalue weighted by molar-refractivity contribution is 5.77. The first-order valence-corrected chi connectivity index (χ1v) is 7.27. The molecule has 20 heavy (non-hydrogen) atoms. The van der Waals surface area contributed by atoms with E-state index in [1.165, 1.54) is 5.56 Å². The van der Waals surface area contributed by atoms with Crippen LogP contribution in [-0.2, 0) is 16.0 Å². The minimum Gasteiger partial charge on any atom is -0.446 e. The standard InChI is InChI=1S/C17H27NO2/c1-12(2)11-15-7-9-16(10-8-15)13(3)17(19)20-14(4)18(5)6/h7-10,12-14H,11H2,1-6H3. The minimum absolute atomic E-state index is 0.178. The van der Waals surface area contributed by atoms with Crippen molar-refractivity contribution in [2.24, 2.45) is 5.92 Å². The molecular formula is C17H27NO2. The van der Waals surface area contributed by atoms with Crippen molar-refractivity contribution in [2.45, 2.75) is 46.3 Å². The van der Waals surface area contributed by atoms with Crippen molar-refractivity contribution in [3.8, 4) is 0 Å².